The van der Waals surface area contributed by atoms with E-state index in [9.17, 15) is 0 Å². The second-order valence-electron chi connectivity index (χ2n) is 4.74. The zero-order valence-electron chi connectivity index (χ0n) is 9.90. The lowest BCUT2D eigenvalue weighted by molar-refractivity contribution is 0.896. The van der Waals surface area contributed by atoms with Crippen LogP contribution in [-0.2, 0) is 0 Å². The average molecular weight is 253 g/mol. The normalized spacial score (nSPS) is 20.3. The number of aromatic nitrogens is 2. The molecule has 0 radical (unpaired) electrons. The summed E-state index contributed by atoms with van der Waals surface area (Å²) in [5.41, 5.74) is 0. The zero-order chi connectivity index (χ0) is 11.7. The predicted molar refractivity (Wildman–Crippen MR) is 69.9 cm³/mol. The van der Waals surface area contributed by atoms with Crippen molar-refractivity contribution in [2.24, 2.45) is 0 Å². The van der Waals surface area contributed by atoms with E-state index in [1.807, 2.05) is 0 Å². The van der Waals surface area contributed by atoms with Crippen LogP contribution in [0.1, 0.15) is 25.7 Å². The van der Waals surface area contributed by atoms with Crippen molar-refractivity contribution < 1.29 is 0 Å². The molecule has 2 aliphatic rings. The number of hydrogen-bond donors (Lipinski definition) is 0. The molecule has 0 amide bonds. The molecule has 0 spiro atoms. The van der Waals surface area contributed by atoms with Crippen LogP contribution in [-0.4, -0.2) is 36.1 Å². The molecule has 3 rings (SSSR count). The van der Waals surface area contributed by atoms with Crippen LogP contribution in [0.4, 0.5) is 11.6 Å². The molecule has 17 heavy (non-hydrogen) atoms. The van der Waals surface area contributed by atoms with Crippen LogP contribution in [0, 0.1) is 0 Å². The molecule has 1 aromatic heterocycles. The minimum atomic E-state index is 0.372. The van der Waals surface area contributed by atoms with Gasteiger partial charge in [0.15, 0.2) is 0 Å². The smallest absolute Gasteiger partial charge is 0.226 e. The van der Waals surface area contributed by atoms with E-state index in [1.54, 1.807) is 0 Å². The molecular weight excluding hydrogens is 236 g/mol. The molecule has 0 aromatic carbocycles. The van der Waals surface area contributed by atoms with Crippen molar-refractivity contribution in [3.8, 4) is 0 Å². The number of hydrogen-bond acceptors (Lipinski definition) is 4. The van der Waals surface area contributed by atoms with Crippen molar-refractivity contribution in [1.82, 2.24) is 9.97 Å². The number of rotatable bonds is 2. The van der Waals surface area contributed by atoms with E-state index in [2.05, 4.69) is 25.8 Å². The molecule has 2 aliphatic heterocycles. The molecule has 0 N–H and O–H groups in total. The Morgan fingerprint density at radius 1 is 0.824 bits per heavy atom. The van der Waals surface area contributed by atoms with Gasteiger partial charge in [-0.1, -0.05) is 0 Å². The SMILES string of the molecule is Clc1nc(N2CCCC2)cc(N2CCCC2)n1. The first-order valence-electron chi connectivity index (χ1n) is 6.37. The number of nitrogens with zero attached hydrogens (tertiary/aromatic N) is 4. The fourth-order valence-corrected chi connectivity index (χ4v) is 2.78. The molecule has 0 saturated carbocycles. The largest absolute Gasteiger partial charge is 0.356 e. The molecule has 2 fully saturated rings. The molecule has 4 nitrogen and oxygen atoms in total. The standard InChI is InChI=1S/C12H17ClN4/c13-12-14-10(16-5-1-2-6-16)9-11(15-12)17-7-3-4-8-17/h9H,1-8H2. The fraction of sp³-hybridized carbons (Fsp3) is 0.667. The van der Waals surface area contributed by atoms with E-state index in [-0.39, 0.29) is 0 Å². The van der Waals surface area contributed by atoms with Gasteiger partial charge < -0.3 is 9.80 Å². The minimum Gasteiger partial charge on any atom is -0.356 e. The van der Waals surface area contributed by atoms with Gasteiger partial charge in [-0.05, 0) is 37.3 Å². The fourth-order valence-electron chi connectivity index (χ4n) is 2.61. The van der Waals surface area contributed by atoms with Gasteiger partial charge in [0.2, 0.25) is 5.28 Å². The summed E-state index contributed by atoms with van der Waals surface area (Å²) in [5.74, 6) is 1.98. The molecular formula is C12H17ClN4. The van der Waals surface area contributed by atoms with E-state index in [0.717, 1.165) is 37.8 Å². The van der Waals surface area contributed by atoms with Crippen LogP contribution in [0.5, 0.6) is 0 Å². The Labute approximate surface area is 107 Å². The molecule has 5 heteroatoms. The first kappa shape index (κ1) is 11.1. The Morgan fingerprint density at radius 3 is 1.65 bits per heavy atom. The van der Waals surface area contributed by atoms with Gasteiger partial charge in [-0.15, -0.1) is 0 Å². The summed E-state index contributed by atoms with van der Waals surface area (Å²) in [4.78, 5) is 13.3. The Kier molecular flexibility index (Phi) is 3.05. The Morgan fingerprint density at radius 2 is 1.24 bits per heavy atom. The van der Waals surface area contributed by atoms with Crippen LogP contribution in [0.15, 0.2) is 6.07 Å². The van der Waals surface area contributed by atoms with Crippen molar-refractivity contribution in [3.63, 3.8) is 0 Å². The zero-order valence-corrected chi connectivity index (χ0v) is 10.7. The topological polar surface area (TPSA) is 32.3 Å². The quantitative estimate of drug-likeness (QED) is 0.757. The third kappa shape index (κ3) is 2.32. The van der Waals surface area contributed by atoms with Crippen molar-refractivity contribution in [2.45, 2.75) is 25.7 Å². The monoisotopic (exact) mass is 252 g/mol. The van der Waals surface area contributed by atoms with Gasteiger partial charge >= 0.3 is 0 Å². The second-order valence-corrected chi connectivity index (χ2v) is 5.08. The lowest BCUT2D eigenvalue weighted by atomic mass is 10.4. The van der Waals surface area contributed by atoms with Gasteiger partial charge in [0.1, 0.15) is 11.6 Å². The van der Waals surface area contributed by atoms with Gasteiger partial charge in [0, 0.05) is 32.2 Å². The van der Waals surface area contributed by atoms with E-state index >= 15 is 0 Å². The molecule has 1 aromatic rings. The van der Waals surface area contributed by atoms with Crippen LogP contribution in [0.2, 0.25) is 5.28 Å². The van der Waals surface area contributed by atoms with Crippen LogP contribution in [0.3, 0.4) is 0 Å². The lowest BCUT2D eigenvalue weighted by Gasteiger charge is -2.21. The summed E-state index contributed by atoms with van der Waals surface area (Å²) >= 11 is 6.03. The summed E-state index contributed by atoms with van der Waals surface area (Å²) in [6.07, 6.45) is 5.00. The summed E-state index contributed by atoms with van der Waals surface area (Å²) in [7, 11) is 0. The van der Waals surface area contributed by atoms with Crippen LogP contribution < -0.4 is 9.80 Å². The molecule has 3 heterocycles. The van der Waals surface area contributed by atoms with E-state index < -0.39 is 0 Å². The summed E-state index contributed by atoms with van der Waals surface area (Å²) in [6.45, 7) is 4.36. The maximum absolute atomic E-state index is 6.03. The molecule has 0 atom stereocenters. The Hall–Kier alpha value is -1.03. The summed E-state index contributed by atoms with van der Waals surface area (Å²) in [5, 5.41) is 0.372. The van der Waals surface area contributed by atoms with Gasteiger partial charge in [0.05, 0.1) is 0 Å². The summed E-state index contributed by atoms with van der Waals surface area (Å²) in [6, 6.07) is 2.09. The van der Waals surface area contributed by atoms with Gasteiger partial charge in [-0.25, -0.2) is 9.97 Å². The molecule has 2 saturated heterocycles. The van der Waals surface area contributed by atoms with Crippen molar-refractivity contribution in [3.05, 3.63) is 11.3 Å². The van der Waals surface area contributed by atoms with Gasteiger partial charge in [0.25, 0.3) is 0 Å². The van der Waals surface area contributed by atoms with Crippen molar-refractivity contribution >= 4 is 23.2 Å². The number of halogens is 1. The molecule has 0 unspecified atom stereocenters. The maximum atomic E-state index is 6.03. The maximum Gasteiger partial charge on any atom is 0.226 e. The van der Waals surface area contributed by atoms with Crippen molar-refractivity contribution in [1.29, 1.82) is 0 Å². The van der Waals surface area contributed by atoms with Crippen LogP contribution in [0.25, 0.3) is 0 Å². The molecule has 92 valence electrons. The van der Waals surface area contributed by atoms with Gasteiger partial charge in [-0.2, -0.15) is 0 Å². The average Bonchev–Trinajstić information content (AvgIpc) is 3.02. The van der Waals surface area contributed by atoms with Gasteiger partial charge in [-0.3, -0.25) is 0 Å². The van der Waals surface area contributed by atoms with Crippen LogP contribution >= 0.6 is 11.6 Å². The predicted octanol–water partition coefficient (Wildman–Crippen LogP) is 2.33. The minimum absolute atomic E-state index is 0.372. The first-order valence-corrected chi connectivity index (χ1v) is 6.75. The van der Waals surface area contributed by atoms with E-state index in [1.165, 1.54) is 25.7 Å². The highest BCUT2D eigenvalue weighted by molar-refractivity contribution is 6.28. The third-order valence-corrected chi connectivity index (χ3v) is 3.70. The molecule has 0 bridgehead atoms. The second kappa shape index (κ2) is 4.69. The highest BCUT2D eigenvalue weighted by atomic mass is 35.5. The lowest BCUT2D eigenvalue weighted by Crippen LogP contribution is -2.23. The van der Waals surface area contributed by atoms with E-state index in [4.69, 9.17) is 11.6 Å². The highest BCUT2D eigenvalue weighted by Crippen LogP contribution is 2.26. The van der Waals surface area contributed by atoms with E-state index in [0.29, 0.717) is 5.28 Å². The number of anilines is 2. The summed E-state index contributed by atoms with van der Waals surface area (Å²) < 4.78 is 0. The molecule has 0 aliphatic carbocycles. The first-order chi connectivity index (χ1) is 8.33. The van der Waals surface area contributed by atoms with Crippen molar-refractivity contribution in [2.75, 3.05) is 36.0 Å². The Bertz CT molecular complexity index is 363. The highest BCUT2D eigenvalue weighted by Gasteiger charge is 2.19. The Balaban J connectivity index is 1.88. The third-order valence-electron chi connectivity index (χ3n) is 3.53.